The largest absolute Gasteiger partial charge is 0.291 e. The summed E-state index contributed by atoms with van der Waals surface area (Å²) in [6, 6.07) is 17.0. The van der Waals surface area contributed by atoms with Crippen molar-refractivity contribution in [3.8, 4) is 0 Å². The molecule has 1 aliphatic heterocycles. The van der Waals surface area contributed by atoms with Crippen molar-refractivity contribution in [2.24, 2.45) is 4.99 Å². The van der Waals surface area contributed by atoms with Gasteiger partial charge in [-0.25, -0.2) is 4.99 Å². The number of fused-ring (bicyclic) bond motifs is 1. The minimum Gasteiger partial charge on any atom is -0.282 e. The second-order valence-electron chi connectivity index (χ2n) is 5.90. The molecular formula is C20H15NO3S. The highest BCUT2D eigenvalue weighted by molar-refractivity contribution is 7.89. The molecule has 124 valence electrons. The molecule has 0 spiro atoms. The summed E-state index contributed by atoms with van der Waals surface area (Å²) in [5.41, 5.74) is 2.25. The van der Waals surface area contributed by atoms with E-state index in [0.717, 1.165) is 21.7 Å². The molecule has 0 aromatic heterocycles. The molecule has 1 heterocycles. The Morgan fingerprint density at radius 1 is 0.960 bits per heavy atom. The standard InChI is InChI=1S/C20H15NO3S/c22-25(23,24)19-12-6-10-16(20(19)14-7-2-1-3-8-14)18-13-15-9-4-5-11-17(15)21-18/h1-13,20H,(H,22,23,24). The van der Waals surface area contributed by atoms with Crippen LogP contribution in [0.1, 0.15) is 11.5 Å². The van der Waals surface area contributed by atoms with Crippen molar-refractivity contribution in [1.82, 2.24) is 0 Å². The molecule has 0 radical (unpaired) electrons. The number of hydrogen-bond acceptors (Lipinski definition) is 3. The molecule has 2 aromatic carbocycles. The molecular weight excluding hydrogens is 334 g/mol. The molecule has 5 heteroatoms. The Labute approximate surface area is 145 Å². The molecule has 0 saturated heterocycles. The average Bonchev–Trinajstić information content (AvgIpc) is 3.05. The van der Waals surface area contributed by atoms with Crippen molar-refractivity contribution in [3.63, 3.8) is 0 Å². The highest BCUT2D eigenvalue weighted by Crippen LogP contribution is 2.39. The maximum absolute atomic E-state index is 11.9. The lowest BCUT2D eigenvalue weighted by Crippen LogP contribution is -2.19. The van der Waals surface area contributed by atoms with Crippen molar-refractivity contribution in [1.29, 1.82) is 0 Å². The third-order valence-corrected chi connectivity index (χ3v) is 5.30. The van der Waals surface area contributed by atoms with Crippen LogP contribution < -0.4 is 10.6 Å². The Bertz CT molecular complexity index is 1120. The van der Waals surface area contributed by atoms with Gasteiger partial charge >= 0.3 is 0 Å². The molecule has 1 unspecified atom stereocenters. The average molecular weight is 349 g/mol. The third-order valence-electron chi connectivity index (χ3n) is 4.33. The van der Waals surface area contributed by atoms with Gasteiger partial charge in [0, 0.05) is 11.1 Å². The predicted molar refractivity (Wildman–Crippen MR) is 96.7 cm³/mol. The number of hydrogen-bond donors (Lipinski definition) is 1. The van der Waals surface area contributed by atoms with E-state index in [4.69, 9.17) is 0 Å². The van der Waals surface area contributed by atoms with Gasteiger partial charge < -0.3 is 0 Å². The van der Waals surface area contributed by atoms with Gasteiger partial charge in [-0.15, -0.1) is 0 Å². The fourth-order valence-electron chi connectivity index (χ4n) is 3.22. The zero-order valence-corrected chi connectivity index (χ0v) is 14.0. The van der Waals surface area contributed by atoms with Crippen LogP contribution in [-0.4, -0.2) is 13.0 Å². The molecule has 0 bridgehead atoms. The first-order chi connectivity index (χ1) is 12.0. The van der Waals surface area contributed by atoms with Crippen molar-refractivity contribution in [2.75, 3.05) is 0 Å². The summed E-state index contributed by atoms with van der Waals surface area (Å²) in [6.45, 7) is 0. The number of para-hydroxylation sites is 1. The normalized spacial score (nSPS) is 22.0. The molecule has 4 nitrogen and oxygen atoms in total. The van der Waals surface area contributed by atoms with Gasteiger partial charge in [0.2, 0.25) is 0 Å². The number of allylic oxidation sites excluding steroid dienone is 6. The minimum absolute atomic E-state index is 0.0387. The van der Waals surface area contributed by atoms with E-state index in [1.807, 2.05) is 66.7 Å². The molecule has 4 rings (SSSR count). The lowest BCUT2D eigenvalue weighted by Gasteiger charge is -2.23. The summed E-state index contributed by atoms with van der Waals surface area (Å²) in [6.07, 6.45) is 6.88. The molecule has 1 atom stereocenters. The summed E-state index contributed by atoms with van der Waals surface area (Å²) < 4.78 is 33.6. The second-order valence-corrected chi connectivity index (χ2v) is 7.32. The van der Waals surface area contributed by atoms with E-state index in [1.54, 1.807) is 6.08 Å². The van der Waals surface area contributed by atoms with Gasteiger partial charge in [-0.1, -0.05) is 60.7 Å². The SMILES string of the molecule is O=S(=O)(O)C1=CC=CC(=C2C=c3ccccc3=N2)C1c1ccccc1. The third kappa shape index (κ3) is 2.88. The fraction of sp³-hybridized carbons (Fsp3) is 0.0500. The van der Waals surface area contributed by atoms with Crippen LogP contribution in [0.4, 0.5) is 0 Å². The monoisotopic (exact) mass is 349 g/mol. The first-order valence-corrected chi connectivity index (χ1v) is 9.28. The van der Waals surface area contributed by atoms with E-state index in [0.29, 0.717) is 5.70 Å². The van der Waals surface area contributed by atoms with Crippen molar-refractivity contribution in [3.05, 3.63) is 105 Å². The Balaban J connectivity index is 1.97. The lowest BCUT2D eigenvalue weighted by molar-refractivity contribution is 0.488. The molecule has 0 amide bonds. The Morgan fingerprint density at radius 2 is 1.68 bits per heavy atom. The van der Waals surface area contributed by atoms with Gasteiger partial charge in [-0.05, 0) is 29.4 Å². The Hall–Kier alpha value is -2.76. The van der Waals surface area contributed by atoms with Crippen LogP contribution in [0.3, 0.4) is 0 Å². The van der Waals surface area contributed by atoms with Crippen LogP contribution in [0.25, 0.3) is 6.08 Å². The molecule has 25 heavy (non-hydrogen) atoms. The quantitative estimate of drug-likeness (QED) is 0.847. The zero-order valence-electron chi connectivity index (χ0n) is 13.2. The van der Waals surface area contributed by atoms with E-state index >= 15 is 0 Å². The van der Waals surface area contributed by atoms with Crippen LogP contribution in [0.2, 0.25) is 0 Å². The summed E-state index contributed by atoms with van der Waals surface area (Å²) in [5, 5.41) is 1.85. The predicted octanol–water partition coefficient (Wildman–Crippen LogP) is 2.48. The van der Waals surface area contributed by atoms with Gasteiger partial charge in [-0.3, -0.25) is 4.55 Å². The van der Waals surface area contributed by atoms with E-state index < -0.39 is 16.0 Å². The van der Waals surface area contributed by atoms with Gasteiger partial charge in [0.15, 0.2) is 0 Å². The molecule has 0 fully saturated rings. The fourth-order valence-corrected chi connectivity index (χ4v) is 4.03. The van der Waals surface area contributed by atoms with Crippen molar-refractivity contribution >= 4 is 16.2 Å². The highest BCUT2D eigenvalue weighted by Gasteiger charge is 2.31. The summed E-state index contributed by atoms with van der Waals surface area (Å²) in [7, 11) is -4.33. The highest BCUT2D eigenvalue weighted by atomic mass is 32.2. The summed E-state index contributed by atoms with van der Waals surface area (Å²) in [4.78, 5) is 4.60. The number of nitrogens with zero attached hydrogens (tertiary/aromatic N) is 1. The van der Waals surface area contributed by atoms with Gasteiger partial charge in [0.25, 0.3) is 10.1 Å². The maximum Gasteiger partial charge on any atom is 0.291 e. The number of benzene rings is 2. The van der Waals surface area contributed by atoms with Crippen molar-refractivity contribution < 1.29 is 13.0 Å². The first kappa shape index (κ1) is 15.7. The molecule has 2 aliphatic rings. The van der Waals surface area contributed by atoms with E-state index in [1.165, 1.54) is 6.08 Å². The van der Waals surface area contributed by atoms with Crippen LogP contribution in [0.15, 0.2) is 94.0 Å². The van der Waals surface area contributed by atoms with E-state index in [9.17, 15) is 13.0 Å². The van der Waals surface area contributed by atoms with Gasteiger partial charge in [0.1, 0.15) is 0 Å². The summed E-state index contributed by atoms with van der Waals surface area (Å²) >= 11 is 0. The lowest BCUT2D eigenvalue weighted by atomic mass is 9.86. The van der Waals surface area contributed by atoms with Crippen molar-refractivity contribution in [2.45, 2.75) is 5.92 Å². The van der Waals surface area contributed by atoms with Crippen LogP contribution >= 0.6 is 0 Å². The van der Waals surface area contributed by atoms with E-state index in [-0.39, 0.29) is 4.91 Å². The Morgan fingerprint density at radius 3 is 2.40 bits per heavy atom. The maximum atomic E-state index is 11.9. The summed E-state index contributed by atoms with van der Waals surface area (Å²) in [5.74, 6) is -0.592. The van der Waals surface area contributed by atoms with Crippen LogP contribution in [-0.2, 0) is 10.1 Å². The second kappa shape index (κ2) is 5.95. The number of rotatable bonds is 2. The smallest absolute Gasteiger partial charge is 0.282 e. The minimum atomic E-state index is -4.33. The van der Waals surface area contributed by atoms with Crippen LogP contribution in [0.5, 0.6) is 0 Å². The molecule has 1 aliphatic carbocycles. The molecule has 0 saturated carbocycles. The molecule has 1 N–H and O–H groups in total. The topological polar surface area (TPSA) is 66.7 Å². The van der Waals surface area contributed by atoms with Gasteiger partial charge in [0.05, 0.1) is 16.0 Å². The zero-order chi connectivity index (χ0) is 17.4. The first-order valence-electron chi connectivity index (χ1n) is 7.84. The Kier molecular flexibility index (Phi) is 3.75. The van der Waals surface area contributed by atoms with E-state index in [2.05, 4.69) is 4.99 Å². The van der Waals surface area contributed by atoms with Gasteiger partial charge in [-0.2, -0.15) is 8.42 Å². The molecule has 2 aromatic rings. The van der Waals surface area contributed by atoms with Crippen LogP contribution in [0, 0.1) is 0 Å².